The Balaban J connectivity index is 2.77. The van der Waals surface area contributed by atoms with Gasteiger partial charge in [-0.1, -0.05) is 0 Å². The number of pyridine rings is 1. The molecule has 0 fully saturated rings. The van der Waals surface area contributed by atoms with E-state index in [1.54, 1.807) is 0 Å². The zero-order valence-electron chi connectivity index (χ0n) is 8.53. The van der Waals surface area contributed by atoms with Crippen LogP contribution >= 0.6 is 0 Å². The van der Waals surface area contributed by atoms with Gasteiger partial charge in [-0.2, -0.15) is 0 Å². The first-order valence-electron chi connectivity index (χ1n) is 4.56. The van der Waals surface area contributed by atoms with Crippen molar-refractivity contribution in [3.63, 3.8) is 0 Å². The molecule has 0 bridgehead atoms. The van der Waals surface area contributed by atoms with Crippen LogP contribution in [0.25, 0.3) is 10.9 Å². The number of nitrogens with zero attached hydrogens (tertiary/aromatic N) is 1. The Morgan fingerprint density at radius 1 is 1.44 bits per heavy atom. The standard InChI is InChI=1S/C11H9FN2O2/c1-16-11(15)8-5-10(13)14-9-4-6(12)2-3-7(8)9/h2-5H,1H3,(H2,13,14). The summed E-state index contributed by atoms with van der Waals surface area (Å²) in [6.07, 6.45) is 0. The van der Waals surface area contributed by atoms with Gasteiger partial charge in [-0.05, 0) is 18.2 Å². The second-order valence-corrected chi connectivity index (χ2v) is 3.25. The summed E-state index contributed by atoms with van der Waals surface area (Å²) in [5.41, 5.74) is 6.14. The average molecular weight is 220 g/mol. The first-order chi connectivity index (χ1) is 7.61. The van der Waals surface area contributed by atoms with Crippen LogP contribution in [-0.2, 0) is 4.74 Å². The van der Waals surface area contributed by atoms with E-state index in [1.807, 2.05) is 0 Å². The van der Waals surface area contributed by atoms with Crippen LogP contribution in [0, 0.1) is 5.82 Å². The molecule has 5 heteroatoms. The molecule has 0 saturated carbocycles. The van der Waals surface area contributed by atoms with Crippen molar-refractivity contribution >= 4 is 22.7 Å². The van der Waals surface area contributed by atoms with Crippen LogP contribution in [0.3, 0.4) is 0 Å². The molecule has 82 valence electrons. The van der Waals surface area contributed by atoms with Crippen molar-refractivity contribution in [1.82, 2.24) is 4.98 Å². The van der Waals surface area contributed by atoms with Gasteiger partial charge in [0, 0.05) is 11.5 Å². The Morgan fingerprint density at radius 3 is 2.88 bits per heavy atom. The number of aromatic nitrogens is 1. The number of carbonyl (C=O) groups is 1. The second kappa shape index (κ2) is 3.77. The van der Waals surface area contributed by atoms with E-state index in [0.29, 0.717) is 10.9 Å². The van der Waals surface area contributed by atoms with Crippen LogP contribution in [0.1, 0.15) is 10.4 Å². The summed E-state index contributed by atoms with van der Waals surface area (Å²) in [4.78, 5) is 15.4. The summed E-state index contributed by atoms with van der Waals surface area (Å²) in [5.74, 6) is -0.800. The lowest BCUT2D eigenvalue weighted by Crippen LogP contribution is -2.04. The summed E-state index contributed by atoms with van der Waals surface area (Å²) < 4.78 is 17.6. The van der Waals surface area contributed by atoms with E-state index < -0.39 is 11.8 Å². The fourth-order valence-corrected chi connectivity index (χ4v) is 1.50. The van der Waals surface area contributed by atoms with Gasteiger partial charge >= 0.3 is 5.97 Å². The van der Waals surface area contributed by atoms with Crippen molar-refractivity contribution < 1.29 is 13.9 Å². The fraction of sp³-hybridized carbons (Fsp3) is 0.0909. The van der Waals surface area contributed by atoms with E-state index in [-0.39, 0.29) is 11.4 Å². The molecule has 2 N–H and O–H groups in total. The summed E-state index contributed by atoms with van der Waals surface area (Å²) in [6.45, 7) is 0. The molecule has 0 atom stereocenters. The molecule has 4 nitrogen and oxygen atoms in total. The topological polar surface area (TPSA) is 65.2 Å². The number of methoxy groups -OCH3 is 1. The van der Waals surface area contributed by atoms with Gasteiger partial charge in [0.1, 0.15) is 11.6 Å². The van der Waals surface area contributed by atoms with E-state index in [1.165, 1.54) is 31.4 Å². The summed E-state index contributed by atoms with van der Waals surface area (Å²) in [7, 11) is 1.27. The summed E-state index contributed by atoms with van der Waals surface area (Å²) in [5, 5.41) is 0.516. The minimum absolute atomic E-state index is 0.151. The third kappa shape index (κ3) is 1.67. The zero-order chi connectivity index (χ0) is 11.7. The molecule has 0 unspecified atom stereocenters. The van der Waals surface area contributed by atoms with Crippen LogP contribution in [0.4, 0.5) is 10.2 Å². The number of esters is 1. The van der Waals surface area contributed by atoms with Crippen molar-refractivity contribution in [2.75, 3.05) is 12.8 Å². The molecule has 1 aromatic heterocycles. The number of rotatable bonds is 1. The van der Waals surface area contributed by atoms with Crippen LogP contribution in [0.15, 0.2) is 24.3 Å². The van der Waals surface area contributed by atoms with E-state index in [0.717, 1.165) is 0 Å². The molecule has 0 amide bonds. The van der Waals surface area contributed by atoms with Crippen LogP contribution in [0.2, 0.25) is 0 Å². The number of carbonyl (C=O) groups excluding carboxylic acids is 1. The number of halogens is 1. The smallest absolute Gasteiger partial charge is 0.338 e. The minimum Gasteiger partial charge on any atom is -0.465 e. The minimum atomic E-state index is -0.522. The zero-order valence-corrected chi connectivity index (χ0v) is 8.53. The molecule has 0 spiro atoms. The molecule has 2 aromatic rings. The van der Waals surface area contributed by atoms with Gasteiger partial charge in [0.2, 0.25) is 0 Å². The highest BCUT2D eigenvalue weighted by Crippen LogP contribution is 2.21. The highest BCUT2D eigenvalue weighted by Gasteiger charge is 2.12. The quantitative estimate of drug-likeness (QED) is 0.743. The number of benzene rings is 1. The van der Waals surface area contributed by atoms with E-state index in [9.17, 15) is 9.18 Å². The van der Waals surface area contributed by atoms with Gasteiger partial charge in [-0.25, -0.2) is 14.2 Å². The average Bonchev–Trinajstić information content (AvgIpc) is 2.26. The Hall–Kier alpha value is -2.17. The van der Waals surface area contributed by atoms with Crippen LogP contribution < -0.4 is 5.73 Å². The molecule has 0 aliphatic rings. The third-order valence-corrected chi connectivity index (χ3v) is 2.20. The number of hydrogen-bond acceptors (Lipinski definition) is 4. The van der Waals surface area contributed by atoms with Gasteiger partial charge in [0.25, 0.3) is 0 Å². The molecule has 0 aliphatic heterocycles. The van der Waals surface area contributed by atoms with Crippen LogP contribution in [-0.4, -0.2) is 18.1 Å². The monoisotopic (exact) mass is 220 g/mol. The maximum atomic E-state index is 13.0. The van der Waals surface area contributed by atoms with Crippen molar-refractivity contribution in [2.45, 2.75) is 0 Å². The van der Waals surface area contributed by atoms with Gasteiger partial charge in [-0.3, -0.25) is 0 Å². The molecule has 2 rings (SSSR count). The number of nitrogen functional groups attached to an aromatic ring is 1. The van der Waals surface area contributed by atoms with Gasteiger partial charge in [-0.15, -0.1) is 0 Å². The van der Waals surface area contributed by atoms with E-state index >= 15 is 0 Å². The van der Waals surface area contributed by atoms with Crippen LogP contribution in [0.5, 0.6) is 0 Å². The van der Waals surface area contributed by atoms with Crippen molar-refractivity contribution in [3.05, 3.63) is 35.6 Å². The van der Waals surface area contributed by atoms with Crippen molar-refractivity contribution in [1.29, 1.82) is 0 Å². The van der Waals surface area contributed by atoms with Gasteiger partial charge in [0.15, 0.2) is 0 Å². The molecule has 0 radical (unpaired) electrons. The van der Waals surface area contributed by atoms with Gasteiger partial charge in [0.05, 0.1) is 18.2 Å². The molecule has 0 aliphatic carbocycles. The molecule has 16 heavy (non-hydrogen) atoms. The molecular formula is C11H9FN2O2. The lowest BCUT2D eigenvalue weighted by atomic mass is 10.1. The molecular weight excluding hydrogens is 211 g/mol. The number of anilines is 1. The van der Waals surface area contributed by atoms with Crippen molar-refractivity contribution in [3.8, 4) is 0 Å². The van der Waals surface area contributed by atoms with Crippen molar-refractivity contribution in [2.24, 2.45) is 0 Å². The molecule has 0 saturated heterocycles. The highest BCUT2D eigenvalue weighted by molar-refractivity contribution is 6.04. The Bertz CT molecular complexity index is 564. The number of ether oxygens (including phenoxy) is 1. The SMILES string of the molecule is COC(=O)c1cc(N)nc2cc(F)ccc12. The number of hydrogen-bond donors (Lipinski definition) is 1. The number of nitrogens with two attached hydrogens (primary N) is 1. The van der Waals surface area contributed by atoms with E-state index in [2.05, 4.69) is 9.72 Å². The Morgan fingerprint density at radius 2 is 2.19 bits per heavy atom. The summed E-state index contributed by atoms with van der Waals surface area (Å²) >= 11 is 0. The maximum absolute atomic E-state index is 13.0. The largest absolute Gasteiger partial charge is 0.465 e. The maximum Gasteiger partial charge on any atom is 0.338 e. The summed E-state index contributed by atoms with van der Waals surface area (Å²) in [6, 6.07) is 5.36. The predicted molar refractivity (Wildman–Crippen MR) is 57.5 cm³/mol. The lowest BCUT2D eigenvalue weighted by Gasteiger charge is -2.05. The third-order valence-electron chi connectivity index (χ3n) is 2.20. The Kier molecular flexibility index (Phi) is 2.44. The van der Waals surface area contributed by atoms with Gasteiger partial charge < -0.3 is 10.5 Å². The van der Waals surface area contributed by atoms with E-state index in [4.69, 9.17) is 5.73 Å². The highest BCUT2D eigenvalue weighted by atomic mass is 19.1. The fourth-order valence-electron chi connectivity index (χ4n) is 1.50. The number of fused-ring (bicyclic) bond motifs is 1. The molecule has 1 heterocycles. The predicted octanol–water partition coefficient (Wildman–Crippen LogP) is 1.74. The Labute approximate surface area is 90.8 Å². The first kappa shape index (κ1) is 10.4. The first-order valence-corrected chi connectivity index (χ1v) is 4.56. The normalized spacial score (nSPS) is 10.4. The second-order valence-electron chi connectivity index (χ2n) is 3.25. The molecule has 1 aromatic carbocycles. The lowest BCUT2D eigenvalue weighted by molar-refractivity contribution is 0.0603.